The largest absolute Gasteiger partial charge is 0.301 e. The van der Waals surface area contributed by atoms with Crippen molar-refractivity contribution in [2.24, 2.45) is 0 Å². The zero-order chi connectivity index (χ0) is 21.3. The minimum absolute atomic E-state index is 0.171. The lowest BCUT2D eigenvalue weighted by molar-refractivity contribution is 0.271. The molecule has 2 aromatic heterocycles. The predicted molar refractivity (Wildman–Crippen MR) is 117 cm³/mol. The van der Waals surface area contributed by atoms with Crippen LogP contribution in [0.2, 0.25) is 0 Å². The van der Waals surface area contributed by atoms with Crippen molar-refractivity contribution in [2.75, 3.05) is 13.6 Å². The highest BCUT2D eigenvalue weighted by Crippen LogP contribution is 2.52. The summed E-state index contributed by atoms with van der Waals surface area (Å²) in [6, 6.07) is 12.7. The molecule has 2 aromatic carbocycles. The molecule has 7 heteroatoms. The first-order valence-corrected chi connectivity index (χ1v) is 10.5. The third kappa shape index (κ3) is 2.76. The van der Waals surface area contributed by atoms with Gasteiger partial charge >= 0.3 is 0 Å². The van der Waals surface area contributed by atoms with Gasteiger partial charge in [-0.3, -0.25) is 9.89 Å². The number of H-pyrrole nitrogens is 1. The molecule has 31 heavy (non-hydrogen) atoms. The number of nitrogens with one attached hydrogen (secondary N) is 1. The molecule has 3 heterocycles. The molecule has 4 aromatic rings. The third-order valence-corrected chi connectivity index (χ3v) is 6.66. The van der Waals surface area contributed by atoms with Crippen LogP contribution in [0.3, 0.4) is 0 Å². The Balaban J connectivity index is 1.52. The number of hydrogen-bond donors (Lipinski definition) is 1. The fourth-order valence-corrected chi connectivity index (χ4v) is 5.05. The highest BCUT2D eigenvalue weighted by Gasteiger charge is 2.48. The van der Waals surface area contributed by atoms with Crippen LogP contribution in [-0.2, 0) is 12.0 Å². The van der Waals surface area contributed by atoms with E-state index in [2.05, 4.69) is 45.4 Å². The van der Waals surface area contributed by atoms with E-state index in [4.69, 9.17) is 0 Å². The Kier molecular flexibility index (Phi) is 3.77. The van der Waals surface area contributed by atoms with E-state index in [-0.39, 0.29) is 5.69 Å². The Morgan fingerprint density at radius 2 is 2.00 bits per heavy atom. The third-order valence-electron chi connectivity index (χ3n) is 6.66. The van der Waals surface area contributed by atoms with Crippen molar-refractivity contribution >= 4 is 11.0 Å². The summed E-state index contributed by atoms with van der Waals surface area (Å²) >= 11 is 0. The standard InChI is InChI=1S/C24H22FN5O/c1-14-4-3-5-18(25)23(14)30-20(31)11-19-22(28-30)21(27-26-19)15-6-7-17-16(10-15)12-29(2)13-24(17)8-9-24/h3-7,10-11,26H,8-9,12-13H2,1-2H3. The van der Waals surface area contributed by atoms with Gasteiger partial charge in [0, 0.05) is 30.1 Å². The van der Waals surface area contributed by atoms with Crippen LogP contribution >= 0.6 is 0 Å². The van der Waals surface area contributed by atoms with E-state index in [0.29, 0.717) is 27.7 Å². The molecule has 1 fully saturated rings. The number of aromatic amines is 1. The topological polar surface area (TPSA) is 66.8 Å². The summed E-state index contributed by atoms with van der Waals surface area (Å²) in [7, 11) is 2.16. The van der Waals surface area contributed by atoms with Crippen LogP contribution in [0.15, 0.2) is 47.3 Å². The molecule has 1 saturated carbocycles. The smallest absolute Gasteiger partial charge is 0.273 e. The summed E-state index contributed by atoms with van der Waals surface area (Å²) < 4.78 is 15.7. The fourth-order valence-electron chi connectivity index (χ4n) is 5.05. The number of aryl methyl sites for hydroxylation is 1. The Bertz CT molecular complexity index is 1400. The van der Waals surface area contributed by atoms with Crippen LogP contribution in [0.5, 0.6) is 0 Å². The lowest BCUT2D eigenvalue weighted by atomic mass is 9.86. The molecule has 156 valence electrons. The fraction of sp³-hybridized carbons (Fsp3) is 0.292. The molecule has 2 aliphatic rings. The van der Waals surface area contributed by atoms with Crippen LogP contribution in [0, 0.1) is 12.7 Å². The number of aromatic nitrogens is 4. The number of hydrogen-bond acceptors (Lipinski definition) is 4. The number of fused-ring (bicyclic) bond motifs is 3. The molecule has 6 nitrogen and oxygen atoms in total. The normalized spacial score (nSPS) is 17.3. The van der Waals surface area contributed by atoms with Crippen molar-refractivity contribution in [2.45, 2.75) is 31.7 Å². The predicted octanol–water partition coefficient (Wildman–Crippen LogP) is 3.70. The molecule has 0 atom stereocenters. The molecule has 0 amide bonds. The number of rotatable bonds is 2. The zero-order valence-corrected chi connectivity index (χ0v) is 17.4. The lowest BCUT2D eigenvalue weighted by Crippen LogP contribution is -2.35. The Hall–Kier alpha value is -3.32. The molecular formula is C24H22FN5O. The molecule has 1 aliphatic heterocycles. The van der Waals surface area contributed by atoms with Crippen molar-refractivity contribution in [3.63, 3.8) is 0 Å². The van der Waals surface area contributed by atoms with Gasteiger partial charge in [0.15, 0.2) is 0 Å². The maximum Gasteiger partial charge on any atom is 0.273 e. The number of nitrogens with zero attached hydrogens (tertiary/aromatic N) is 4. The van der Waals surface area contributed by atoms with Gasteiger partial charge in [0.2, 0.25) is 0 Å². The first kappa shape index (κ1) is 18.4. The van der Waals surface area contributed by atoms with Crippen molar-refractivity contribution in [3.8, 4) is 16.9 Å². The van der Waals surface area contributed by atoms with Gasteiger partial charge in [-0.15, -0.1) is 0 Å². The van der Waals surface area contributed by atoms with Crippen molar-refractivity contribution in [1.82, 2.24) is 24.9 Å². The van der Waals surface area contributed by atoms with E-state index in [1.807, 2.05) is 0 Å². The SMILES string of the molecule is Cc1cccc(F)c1-n1nc2c(-c3ccc4c(c3)CN(C)CC43CC3)n[nH]c2cc1=O. The van der Waals surface area contributed by atoms with Crippen LogP contribution in [0.25, 0.3) is 28.0 Å². The van der Waals surface area contributed by atoms with E-state index < -0.39 is 11.4 Å². The van der Waals surface area contributed by atoms with Crippen LogP contribution in [-0.4, -0.2) is 38.5 Å². The summed E-state index contributed by atoms with van der Waals surface area (Å²) in [6.07, 6.45) is 2.48. The lowest BCUT2D eigenvalue weighted by Gasteiger charge is -2.32. The van der Waals surface area contributed by atoms with Gasteiger partial charge in [-0.2, -0.15) is 14.9 Å². The van der Waals surface area contributed by atoms with Gasteiger partial charge in [0.05, 0.1) is 5.52 Å². The maximum atomic E-state index is 14.5. The minimum Gasteiger partial charge on any atom is -0.301 e. The average molecular weight is 415 g/mol. The molecule has 1 aliphatic carbocycles. The number of benzene rings is 2. The molecule has 0 radical (unpaired) electrons. The monoisotopic (exact) mass is 415 g/mol. The van der Waals surface area contributed by atoms with E-state index in [0.717, 1.165) is 23.3 Å². The molecule has 0 unspecified atom stereocenters. The highest BCUT2D eigenvalue weighted by atomic mass is 19.1. The van der Waals surface area contributed by atoms with Gasteiger partial charge in [0.1, 0.15) is 22.7 Å². The summed E-state index contributed by atoms with van der Waals surface area (Å²) in [4.78, 5) is 15.0. The second-order valence-electron chi connectivity index (χ2n) is 8.96. The Labute approximate surface area is 178 Å². The van der Waals surface area contributed by atoms with Gasteiger partial charge in [-0.05, 0) is 55.6 Å². The number of likely N-dealkylation sites (N-methyl/N-ethyl adjacent to an activating group) is 1. The highest BCUT2D eigenvalue weighted by molar-refractivity contribution is 5.89. The van der Waals surface area contributed by atoms with Gasteiger partial charge < -0.3 is 4.90 Å². The minimum atomic E-state index is -0.481. The summed E-state index contributed by atoms with van der Waals surface area (Å²) in [6.45, 7) is 3.78. The van der Waals surface area contributed by atoms with Crippen LogP contribution in [0.1, 0.15) is 29.5 Å². The van der Waals surface area contributed by atoms with Crippen molar-refractivity contribution in [3.05, 3.63) is 75.3 Å². The first-order chi connectivity index (χ1) is 14.9. The zero-order valence-electron chi connectivity index (χ0n) is 17.4. The summed E-state index contributed by atoms with van der Waals surface area (Å²) in [5, 5.41) is 11.9. The first-order valence-electron chi connectivity index (χ1n) is 10.5. The molecule has 0 saturated heterocycles. The van der Waals surface area contributed by atoms with Gasteiger partial charge in [0.25, 0.3) is 5.56 Å². The maximum absolute atomic E-state index is 14.5. The van der Waals surface area contributed by atoms with E-state index in [9.17, 15) is 9.18 Å². The van der Waals surface area contributed by atoms with Gasteiger partial charge in [-0.1, -0.05) is 24.3 Å². The molecule has 1 spiro atoms. The van der Waals surface area contributed by atoms with Crippen molar-refractivity contribution in [1.29, 1.82) is 0 Å². The quantitative estimate of drug-likeness (QED) is 0.542. The number of para-hydroxylation sites is 1. The number of halogens is 1. The van der Waals surface area contributed by atoms with E-state index in [1.165, 1.54) is 36.1 Å². The van der Waals surface area contributed by atoms with Crippen LogP contribution in [0.4, 0.5) is 4.39 Å². The second-order valence-corrected chi connectivity index (χ2v) is 8.96. The van der Waals surface area contributed by atoms with Gasteiger partial charge in [-0.25, -0.2) is 4.39 Å². The Morgan fingerprint density at radius 3 is 2.77 bits per heavy atom. The molecule has 0 bridgehead atoms. The second kappa shape index (κ2) is 6.34. The van der Waals surface area contributed by atoms with Crippen LogP contribution < -0.4 is 5.56 Å². The summed E-state index contributed by atoms with van der Waals surface area (Å²) in [5.41, 5.74) is 6.19. The van der Waals surface area contributed by atoms with E-state index in [1.54, 1.807) is 19.1 Å². The van der Waals surface area contributed by atoms with E-state index >= 15 is 0 Å². The van der Waals surface area contributed by atoms with Crippen molar-refractivity contribution < 1.29 is 4.39 Å². The molecule has 1 N–H and O–H groups in total. The molecular weight excluding hydrogens is 393 g/mol. The summed E-state index contributed by atoms with van der Waals surface area (Å²) in [5.74, 6) is -0.481. The Morgan fingerprint density at radius 1 is 1.16 bits per heavy atom. The average Bonchev–Trinajstić information content (AvgIpc) is 3.36. The molecule has 6 rings (SSSR count).